The van der Waals surface area contributed by atoms with Crippen LogP contribution in [0.3, 0.4) is 0 Å². The number of carbonyl (C=O) groups is 2. The van der Waals surface area contributed by atoms with Crippen molar-refractivity contribution in [1.82, 2.24) is 4.90 Å². The predicted octanol–water partition coefficient (Wildman–Crippen LogP) is 4.61. The maximum atomic E-state index is 12.6. The molecule has 0 radical (unpaired) electrons. The van der Waals surface area contributed by atoms with Crippen molar-refractivity contribution in [3.05, 3.63) is 0 Å². The van der Waals surface area contributed by atoms with Gasteiger partial charge in [0.1, 0.15) is 17.4 Å². The van der Waals surface area contributed by atoms with E-state index in [2.05, 4.69) is 20.8 Å². The molecule has 0 spiro atoms. The fourth-order valence-corrected chi connectivity index (χ4v) is 7.79. The van der Waals surface area contributed by atoms with Crippen molar-refractivity contribution in [3.8, 4) is 0 Å². The summed E-state index contributed by atoms with van der Waals surface area (Å²) >= 11 is 0. The molecule has 0 aliphatic carbocycles. The van der Waals surface area contributed by atoms with Gasteiger partial charge in [-0.25, -0.2) is 4.79 Å². The van der Waals surface area contributed by atoms with Gasteiger partial charge in [-0.05, 0) is 72.4 Å². The largest absolute Gasteiger partial charge is 0.460 e. The smallest absolute Gasteiger partial charge is 0.412 e. The van der Waals surface area contributed by atoms with E-state index in [0.717, 1.165) is 6.42 Å². The Bertz CT molecular complexity index is 604. The Hall–Kier alpha value is -1.12. The van der Waals surface area contributed by atoms with E-state index in [1.165, 1.54) is 0 Å². The average Bonchev–Trinajstić information content (AvgIpc) is 2.88. The van der Waals surface area contributed by atoms with Gasteiger partial charge in [-0.2, -0.15) is 0 Å². The minimum Gasteiger partial charge on any atom is -0.460 e. The van der Waals surface area contributed by atoms with Gasteiger partial charge in [0.15, 0.2) is 0 Å². The molecular weight excluding hydrogens is 402 g/mol. The molecule has 7 nitrogen and oxygen atoms in total. The van der Waals surface area contributed by atoms with E-state index in [-0.39, 0.29) is 11.8 Å². The number of ether oxygens (including phenoxy) is 2. The van der Waals surface area contributed by atoms with Crippen LogP contribution in [0.5, 0.6) is 0 Å². The second kappa shape index (κ2) is 9.57. The number of amides is 1. The van der Waals surface area contributed by atoms with Gasteiger partial charge in [0, 0.05) is 6.54 Å². The Balaban J connectivity index is 3.01. The first-order chi connectivity index (χ1) is 13.3. The van der Waals surface area contributed by atoms with Crippen LogP contribution in [0.4, 0.5) is 4.79 Å². The normalized spacial score (nSPS) is 21.2. The molecule has 30 heavy (non-hydrogen) atoms. The molecule has 8 heteroatoms. The van der Waals surface area contributed by atoms with Gasteiger partial charge < -0.3 is 19.0 Å². The van der Waals surface area contributed by atoms with E-state index in [0.29, 0.717) is 19.0 Å². The molecule has 0 saturated carbocycles. The third-order valence-corrected chi connectivity index (χ3v) is 8.78. The van der Waals surface area contributed by atoms with Crippen molar-refractivity contribution >= 4 is 20.4 Å². The summed E-state index contributed by atoms with van der Waals surface area (Å²) in [4.78, 5) is 26.6. The number of rotatable bonds is 6. The fraction of sp³-hybridized carbons (Fsp3) is 0.909. The lowest BCUT2D eigenvalue weighted by Gasteiger charge is -2.41. The molecule has 1 N–H and O–H groups in total. The third kappa shape index (κ3) is 9.35. The first-order valence-corrected chi connectivity index (χ1v) is 13.6. The Morgan fingerprint density at radius 1 is 1.03 bits per heavy atom. The van der Waals surface area contributed by atoms with E-state index < -0.39 is 43.5 Å². The van der Waals surface area contributed by atoms with E-state index in [1.807, 2.05) is 27.3 Å². The SMILES string of the molecule is CC(C)(C)C[Si](C)(OC1CCCN1C(=O)OC(C)(C)C)C(O)CC(=O)OC(C)(C)C. The van der Waals surface area contributed by atoms with Crippen LogP contribution in [0.1, 0.15) is 81.6 Å². The summed E-state index contributed by atoms with van der Waals surface area (Å²) in [5.74, 6) is -0.443. The summed E-state index contributed by atoms with van der Waals surface area (Å²) < 4.78 is 17.5. The second-order valence-electron chi connectivity index (χ2n) is 11.7. The van der Waals surface area contributed by atoms with Crippen molar-refractivity contribution in [2.75, 3.05) is 6.54 Å². The number of aliphatic hydroxyl groups is 1. The van der Waals surface area contributed by atoms with Crippen LogP contribution < -0.4 is 0 Å². The Labute approximate surface area is 183 Å². The van der Waals surface area contributed by atoms with Gasteiger partial charge in [-0.3, -0.25) is 9.69 Å². The molecule has 3 unspecified atom stereocenters. The molecule has 0 aromatic carbocycles. The van der Waals surface area contributed by atoms with Gasteiger partial charge in [-0.1, -0.05) is 20.8 Å². The van der Waals surface area contributed by atoms with Crippen LogP contribution in [-0.4, -0.2) is 60.1 Å². The minimum atomic E-state index is -2.83. The van der Waals surface area contributed by atoms with E-state index in [1.54, 1.807) is 25.7 Å². The lowest BCUT2D eigenvalue weighted by atomic mass is 10.0. The Morgan fingerprint density at radius 3 is 2.03 bits per heavy atom. The molecule has 1 heterocycles. The summed E-state index contributed by atoms with van der Waals surface area (Å²) in [5.41, 5.74) is -2.25. The molecule has 176 valence electrons. The molecule has 1 aliphatic rings. The zero-order chi connectivity index (χ0) is 23.5. The lowest BCUT2D eigenvalue weighted by molar-refractivity contribution is -0.156. The van der Waals surface area contributed by atoms with Crippen LogP contribution in [0.25, 0.3) is 0 Å². The topological polar surface area (TPSA) is 85.3 Å². The lowest BCUT2D eigenvalue weighted by Crippen LogP contribution is -2.56. The molecular formula is C22H43NO6Si. The van der Waals surface area contributed by atoms with Crippen molar-refractivity contribution in [2.45, 2.75) is 117 Å². The molecule has 0 aromatic heterocycles. The first-order valence-electron chi connectivity index (χ1n) is 10.9. The van der Waals surface area contributed by atoms with Crippen LogP contribution in [-0.2, 0) is 18.7 Å². The Morgan fingerprint density at radius 2 is 1.57 bits per heavy atom. The van der Waals surface area contributed by atoms with Gasteiger partial charge in [0.2, 0.25) is 8.32 Å². The van der Waals surface area contributed by atoms with Gasteiger partial charge >= 0.3 is 12.1 Å². The summed E-state index contributed by atoms with van der Waals surface area (Å²) in [5, 5.41) is 11.1. The highest BCUT2D eigenvalue weighted by Crippen LogP contribution is 2.35. The second-order valence-corrected chi connectivity index (χ2v) is 15.6. The van der Waals surface area contributed by atoms with Crippen molar-refractivity contribution in [3.63, 3.8) is 0 Å². The van der Waals surface area contributed by atoms with Crippen LogP contribution >= 0.6 is 0 Å². The zero-order valence-electron chi connectivity index (χ0n) is 20.6. The first kappa shape index (κ1) is 26.9. The molecule has 1 fully saturated rings. The summed E-state index contributed by atoms with van der Waals surface area (Å²) in [7, 11) is -2.83. The van der Waals surface area contributed by atoms with Crippen molar-refractivity contribution in [2.24, 2.45) is 5.41 Å². The molecule has 0 aromatic rings. The molecule has 1 rings (SSSR count). The number of carbonyl (C=O) groups excluding carboxylic acids is 2. The number of esters is 1. The number of aliphatic hydroxyl groups excluding tert-OH is 1. The third-order valence-electron chi connectivity index (χ3n) is 4.60. The molecule has 1 saturated heterocycles. The van der Waals surface area contributed by atoms with Gasteiger partial charge in [0.05, 0.1) is 12.1 Å². The monoisotopic (exact) mass is 445 g/mol. The highest BCUT2D eigenvalue weighted by Gasteiger charge is 2.47. The molecule has 0 bridgehead atoms. The standard InChI is InChI=1S/C22H43NO6Si/c1-20(2,3)15-30(10,18(25)14-17(24)27-21(4,5)6)29-16-12-11-13-23(16)19(26)28-22(7,8)9/h16,18,25H,11-15H2,1-10H3. The molecule has 3 atom stereocenters. The maximum absolute atomic E-state index is 12.6. The van der Waals surface area contributed by atoms with E-state index in [9.17, 15) is 14.7 Å². The number of hydrogen-bond donors (Lipinski definition) is 1. The highest BCUT2D eigenvalue weighted by atomic mass is 28.4. The fourth-order valence-electron chi connectivity index (χ4n) is 3.75. The zero-order valence-corrected chi connectivity index (χ0v) is 21.6. The number of likely N-dealkylation sites (tertiary alicyclic amines) is 1. The molecule has 1 aliphatic heterocycles. The van der Waals surface area contributed by atoms with E-state index >= 15 is 0 Å². The summed E-state index contributed by atoms with van der Waals surface area (Å²) in [6, 6.07) is 0.641. The van der Waals surface area contributed by atoms with Gasteiger partial charge in [0.25, 0.3) is 0 Å². The van der Waals surface area contributed by atoms with Gasteiger partial charge in [-0.15, -0.1) is 0 Å². The maximum Gasteiger partial charge on any atom is 0.412 e. The average molecular weight is 446 g/mol. The number of hydrogen-bond acceptors (Lipinski definition) is 6. The quantitative estimate of drug-likeness (QED) is 0.474. The summed E-state index contributed by atoms with van der Waals surface area (Å²) in [6.45, 7) is 19.7. The minimum absolute atomic E-state index is 0.106. The highest BCUT2D eigenvalue weighted by molar-refractivity contribution is 6.74. The van der Waals surface area contributed by atoms with Crippen LogP contribution in [0.2, 0.25) is 12.6 Å². The van der Waals surface area contributed by atoms with Crippen LogP contribution in [0.15, 0.2) is 0 Å². The van der Waals surface area contributed by atoms with Crippen molar-refractivity contribution < 1.29 is 28.6 Å². The van der Waals surface area contributed by atoms with E-state index in [4.69, 9.17) is 13.9 Å². The Kier molecular flexibility index (Phi) is 8.58. The number of nitrogens with zero attached hydrogens (tertiary/aromatic N) is 1. The van der Waals surface area contributed by atoms with Crippen LogP contribution in [0, 0.1) is 5.41 Å². The van der Waals surface area contributed by atoms with Crippen molar-refractivity contribution in [1.29, 1.82) is 0 Å². The molecule has 1 amide bonds. The summed E-state index contributed by atoms with van der Waals surface area (Å²) in [6.07, 6.45) is 0.526. The predicted molar refractivity (Wildman–Crippen MR) is 119 cm³/mol.